The number of aliphatic imine (C=N–C) groups is 1. The summed E-state index contributed by atoms with van der Waals surface area (Å²) >= 11 is 0. The molecule has 0 saturated carbocycles. The molecule has 6 nitrogen and oxygen atoms in total. The summed E-state index contributed by atoms with van der Waals surface area (Å²) in [5, 5.41) is 2.87. The van der Waals surface area contributed by atoms with Gasteiger partial charge in [0.1, 0.15) is 0 Å². The van der Waals surface area contributed by atoms with Gasteiger partial charge in [0, 0.05) is 6.20 Å². The number of amides is 1. The van der Waals surface area contributed by atoms with Crippen LogP contribution in [0.5, 0.6) is 0 Å². The van der Waals surface area contributed by atoms with Gasteiger partial charge in [-0.1, -0.05) is 24.3 Å². The van der Waals surface area contributed by atoms with Crippen molar-refractivity contribution in [2.75, 3.05) is 0 Å². The van der Waals surface area contributed by atoms with Gasteiger partial charge in [0.25, 0.3) is 5.91 Å². The molecule has 140 valence electrons. The van der Waals surface area contributed by atoms with E-state index in [1.165, 1.54) is 0 Å². The standard InChI is InChI=1S/C20H24BN3O3/c1-18(2)19(3,4)27-21(26-18)14-10-8-13(9-11-14)20(5)17(25)23-16(24-20)15-7-6-12-22-15/h6-12,22H,1-5H3,(H,23,24,25). The van der Waals surface area contributed by atoms with Crippen molar-refractivity contribution in [3.8, 4) is 0 Å². The molecule has 3 heterocycles. The van der Waals surface area contributed by atoms with Crippen LogP contribution in [0.1, 0.15) is 45.9 Å². The van der Waals surface area contributed by atoms with Crippen molar-refractivity contribution in [1.29, 1.82) is 0 Å². The summed E-state index contributed by atoms with van der Waals surface area (Å²) in [5.41, 5.74) is 0.802. The number of hydrogen-bond donors (Lipinski definition) is 2. The first-order valence-electron chi connectivity index (χ1n) is 9.14. The molecule has 4 rings (SSSR count). The number of rotatable bonds is 3. The van der Waals surface area contributed by atoms with E-state index in [9.17, 15) is 4.79 Å². The van der Waals surface area contributed by atoms with Crippen LogP contribution in [0, 0.1) is 0 Å². The predicted molar refractivity (Wildman–Crippen MR) is 105 cm³/mol. The first-order valence-corrected chi connectivity index (χ1v) is 9.14. The number of nitrogens with one attached hydrogen (secondary N) is 2. The highest BCUT2D eigenvalue weighted by Crippen LogP contribution is 2.37. The lowest BCUT2D eigenvalue weighted by molar-refractivity contribution is -0.123. The van der Waals surface area contributed by atoms with Gasteiger partial charge in [-0.05, 0) is 57.8 Å². The highest BCUT2D eigenvalue weighted by Gasteiger charge is 2.51. The van der Waals surface area contributed by atoms with Crippen molar-refractivity contribution in [3.63, 3.8) is 0 Å². The summed E-state index contributed by atoms with van der Waals surface area (Å²) < 4.78 is 12.2. The van der Waals surface area contributed by atoms with Crippen LogP contribution in [0.15, 0.2) is 47.6 Å². The number of H-pyrrole nitrogens is 1. The van der Waals surface area contributed by atoms with Crippen molar-refractivity contribution in [2.24, 2.45) is 4.99 Å². The lowest BCUT2D eigenvalue weighted by atomic mass is 9.77. The molecular formula is C20H24BN3O3. The Labute approximate surface area is 159 Å². The molecule has 2 aliphatic heterocycles. The lowest BCUT2D eigenvalue weighted by Gasteiger charge is -2.32. The Bertz CT molecular complexity index is 887. The first-order chi connectivity index (χ1) is 12.6. The van der Waals surface area contributed by atoms with Gasteiger partial charge in [-0.2, -0.15) is 0 Å². The smallest absolute Gasteiger partial charge is 0.399 e. The summed E-state index contributed by atoms with van der Waals surface area (Å²) in [6, 6.07) is 11.5. The van der Waals surface area contributed by atoms with E-state index in [1.54, 1.807) is 6.20 Å². The normalized spacial score (nSPS) is 26.2. The van der Waals surface area contributed by atoms with E-state index in [2.05, 4.69) is 15.3 Å². The third-order valence-corrected chi connectivity index (χ3v) is 5.86. The third kappa shape index (κ3) is 2.82. The minimum absolute atomic E-state index is 0.143. The number of aromatic amines is 1. The topological polar surface area (TPSA) is 75.7 Å². The monoisotopic (exact) mass is 365 g/mol. The fraction of sp³-hybridized carbons (Fsp3) is 0.400. The minimum atomic E-state index is -0.963. The largest absolute Gasteiger partial charge is 0.494 e. The second kappa shape index (κ2) is 5.81. The molecule has 0 radical (unpaired) electrons. The molecule has 1 unspecified atom stereocenters. The van der Waals surface area contributed by atoms with Crippen LogP contribution in [0.2, 0.25) is 0 Å². The van der Waals surface area contributed by atoms with Gasteiger partial charge in [0.15, 0.2) is 11.4 Å². The molecule has 27 heavy (non-hydrogen) atoms. The molecule has 1 saturated heterocycles. The molecule has 0 bridgehead atoms. The molecule has 1 aromatic heterocycles. The van der Waals surface area contributed by atoms with Gasteiger partial charge in [0.2, 0.25) is 0 Å². The molecule has 0 aliphatic carbocycles. The van der Waals surface area contributed by atoms with Crippen molar-refractivity contribution in [3.05, 3.63) is 53.9 Å². The molecule has 1 atom stereocenters. The van der Waals surface area contributed by atoms with E-state index in [-0.39, 0.29) is 17.1 Å². The Hall–Kier alpha value is -2.38. The Kier molecular flexibility index (Phi) is 3.88. The van der Waals surface area contributed by atoms with Gasteiger partial charge >= 0.3 is 7.12 Å². The molecule has 7 heteroatoms. The van der Waals surface area contributed by atoms with E-state index in [0.29, 0.717) is 5.84 Å². The molecule has 1 fully saturated rings. The van der Waals surface area contributed by atoms with Gasteiger partial charge in [-0.3, -0.25) is 4.79 Å². The first kappa shape index (κ1) is 18.0. The van der Waals surface area contributed by atoms with E-state index < -0.39 is 12.7 Å². The fourth-order valence-electron chi connectivity index (χ4n) is 3.28. The predicted octanol–water partition coefficient (Wildman–Crippen LogP) is 2.11. The molecule has 2 aromatic rings. The number of carbonyl (C=O) groups excluding carboxylic acids is 1. The van der Waals surface area contributed by atoms with Crippen molar-refractivity contribution >= 4 is 24.3 Å². The Morgan fingerprint density at radius 3 is 2.15 bits per heavy atom. The average Bonchev–Trinajstić information content (AvgIpc) is 3.28. The van der Waals surface area contributed by atoms with Crippen LogP contribution in [-0.2, 0) is 19.6 Å². The summed E-state index contributed by atoms with van der Waals surface area (Å²) in [5.74, 6) is 0.415. The SMILES string of the molecule is CC1(c2ccc(B3OC(C)(C)C(C)(C)O3)cc2)N=C(c2ccc[nH]2)NC1=O. The van der Waals surface area contributed by atoms with Crippen molar-refractivity contribution in [2.45, 2.75) is 51.4 Å². The zero-order valence-corrected chi connectivity index (χ0v) is 16.3. The van der Waals surface area contributed by atoms with E-state index >= 15 is 0 Å². The molecule has 1 aromatic carbocycles. The Balaban J connectivity index is 1.60. The Morgan fingerprint density at radius 1 is 0.963 bits per heavy atom. The van der Waals surface area contributed by atoms with Crippen molar-refractivity contribution < 1.29 is 14.1 Å². The average molecular weight is 365 g/mol. The number of hydrogen-bond acceptors (Lipinski definition) is 4. The van der Waals surface area contributed by atoms with Crippen LogP contribution in [0.4, 0.5) is 0 Å². The molecule has 2 N–H and O–H groups in total. The van der Waals surface area contributed by atoms with Gasteiger partial charge < -0.3 is 19.6 Å². The van der Waals surface area contributed by atoms with Crippen LogP contribution >= 0.6 is 0 Å². The number of carbonyl (C=O) groups is 1. The van der Waals surface area contributed by atoms with Crippen LogP contribution in [0.3, 0.4) is 0 Å². The molecule has 2 aliphatic rings. The minimum Gasteiger partial charge on any atom is -0.399 e. The van der Waals surface area contributed by atoms with Crippen LogP contribution in [0.25, 0.3) is 0 Å². The fourth-order valence-corrected chi connectivity index (χ4v) is 3.28. The maximum Gasteiger partial charge on any atom is 0.494 e. The quantitative estimate of drug-likeness (QED) is 0.818. The van der Waals surface area contributed by atoms with E-state index in [4.69, 9.17) is 9.31 Å². The van der Waals surface area contributed by atoms with Crippen molar-refractivity contribution in [1.82, 2.24) is 10.3 Å². The van der Waals surface area contributed by atoms with E-state index in [0.717, 1.165) is 16.7 Å². The summed E-state index contributed by atoms with van der Waals surface area (Å²) in [4.78, 5) is 20.3. The highest BCUT2D eigenvalue weighted by atomic mass is 16.7. The number of benzene rings is 1. The zero-order valence-electron chi connectivity index (χ0n) is 16.3. The van der Waals surface area contributed by atoms with Crippen LogP contribution < -0.4 is 10.8 Å². The lowest BCUT2D eigenvalue weighted by Crippen LogP contribution is -2.41. The maximum atomic E-state index is 12.6. The van der Waals surface area contributed by atoms with E-state index in [1.807, 2.05) is 71.0 Å². The van der Waals surface area contributed by atoms with Gasteiger partial charge in [-0.25, -0.2) is 4.99 Å². The maximum absolute atomic E-state index is 12.6. The molecule has 1 amide bonds. The Morgan fingerprint density at radius 2 is 1.59 bits per heavy atom. The molecular weight excluding hydrogens is 341 g/mol. The summed E-state index contributed by atoms with van der Waals surface area (Å²) in [7, 11) is -0.424. The third-order valence-electron chi connectivity index (χ3n) is 5.86. The zero-order chi connectivity index (χ0) is 19.4. The number of amidine groups is 1. The summed E-state index contributed by atoms with van der Waals surface area (Å²) in [6.07, 6.45) is 1.80. The second-order valence-electron chi connectivity index (χ2n) is 8.28. The molecule has 0 spiro atoms. The van der Waals surface area contributed by atoms with Gasteiger partial charge in [0.05, 0.1) is 16.9 Å². The number of aromatic nitrogens is 1. The second-order valence-corrected chi connectivity index (χ2v) is 8.28. The highest BCUT2D eigenvalue weighted by molar-refractivity contribution is 6.62. The number of nitrogens with zero attached hydrogens (tertiary/aromatic N) is 1. The van der Waals surface area contributed by atoms with Crippen LogP contribution in [-0.4, -0.2) is 35.0 Å². The van der Waals surface area contributed by atoms with Gasteiger partial charge in [-0.15, -0.1) is 0 Å². The summed E-state index contributed by atoms with van der Waals surface area (Å²) in [6.45, 7) is 9.94.